The highest BCUT2D eigenvalue weighted by Gasteiger charge is 2.44. The summed E-state index contributed by atoms with van der Waals surface area (Å²) in [5.74, 6) is 0.532. The quantitative estimate of drug-likeness (QED) is 0.0687. The Kier molecular flexibility index (Phi) is 10.3. The van der Waals surface area contributed by atoms with E-state index in [0.29, 0.717) is 33.9 Å². The summed E-state index contributed by atoms with van der Waals surface area (Å²) < 4.78 is 19.9. The number of ether oxygens (including phenoxy) is 2. The number of aliphatic hydroxyl groups is 4. The van der Waals surface area contributed by atoms with E-state index in [2.05, 4.69) is 10.5 Å². The van der Waals surface area contributed by atoms with Crippen LogP contribution in [0.5, 0.6) is 11.5 Å². The third kappa shape index (κ3) is 7.07. The summed E-state index contributed by atoms with van der Waals surface area (Å²) >= 11 is 0. The number of hydrogen-bond donors (Lipinski definition) is 8. The molecule has 0 spiro atoms. The van der Waals surface area contributed by atoms with Gasteiger partial charge in [0.05, 0.1) is 41.4 Å². The van der Waals surface area contributed by atoms with Crippen LogP contribution in [0.25, 0.3) is 11.0 Å². The van der Waals surface area contributed by atoms with Crippen LogP contribution in [0.1, 0.15) is 85.3 Å². The largest absolute Gasteiger partial charge is 0.489 e. The van der Waals surface area contributed by atoms with Crippen molar-refractivity contribution in [3.05, 3.63) is 62.5 Å². The first-order valence-electron chi connectivity index (χ1n) is 16.4. The molecule has 2 aliphatic heterocycles. The Morgan fingerprint density at radius 2 is 1.90 bits per heavy atom. The number of hydrogen-bond acceptors (Lipinski definition) is 13. The van der Waals surface area contributed by atoms with Gasteiger partial charge in [0.1, 0.15) is 46.0 Å². The molecule has 0 amide bonds. The number of rotatable bonds is 9. The molecule has 266 valence electrons. The molecule has 0 saturated heterocycles. The second-order valence-corrected chi connectivity index (χ2v) is 16.2. The molecule has 2 aromatic carbocycles. The van der Waals surface area contributed by atoms with Gasteiger partial charge in [0.2, 0.25) is 0 Å². The first-order valence-corrected chi connectivity index (χ1v) is 18.8. The molecule has 1 fully saturated rings. The minimum absolute atomic E-state index is 0.0379. The van der Waals surface area contributed by atoms with E-state index in [-0.39, 0.29) is 66.0 Å². The molecule has 15 heteroatoms. The average Bonchev–Trinajstić information content (AvgIpc) is 3.75. The number of nitrogens with zero attached hydrogens (tertiary/aromatic N) is 1. The van der Waals surface area contributed by atoms with Crippen molar-refractivity contribution >= 4 is 44.2 Å². The normalized spacial score (nSPS) is 24.3. The Labute approximate surface area is 291 Å². The summed E-state index contributed by atoms with van der Waals surface area (Å²) in [6.07, 6.45) is 1.46. The molecule has 13 nitrogen and oxygen atoms in total. The van der Waals surface area contributed by atoms with Crippen molar-refractivity contribution in [1.29, 1.82) is 0 Å². The highest BCUT2D eigenvalue weighted by atomic mass is 33.1. The van der Waals surface area contributed by atoms with Gasteiger partial charge < -0.3 is 45.8 Å². The van der Waals surface area contributed by atoms with Crippen LogP contribution in [0.3, 0.4) is 0 Å². The van der Waals surface area contributed by atoms with Crippen LogP contribution in [-0.4, -0.2) is 73.9 Å². The summed E-state index contributed by atoms with van der Waals surface area (Å²) in [4.78, 5) is 19.4. The van der Waals surface area contributed by atoms with Crippen molar-refractivity contribution < 1.29 is 39.5 Å². The lowest BCUT2D eigenvalue weighted by Gasteiger charge is -2.29. The average molecular weight is 717 g/mol. The van der Waals surface area contributed by atoms with Crippen molar-refractivity contribution in [3.63, 3.8) is 0 Å². The van der Waals surface area contributed by atoms with Gasteiger partial charge in [-0.3, -0.25) is 15.5 Å². The number of guanidine groups is 1. The molecule has 2 bridgehead atoms. The summed E-state index contributed by atoms with van der Waals surface area (Å²) in [6, 6.07) is 6.79. The van der Waals surface area contributed by atoms with Gasteiger partial charge in [-0.15, -0.1) is 0 Å². The molecule has 10 N–H and O–H groups in total. The van der Waals surface area contributed by atoms with Gasteiger partial charge in [-0.05, 0) is 57.2 Å². The van der Waals surface area contributed by atoms with Crippen molar-refractivity contribution in [3.8, 4) is 11.5 Å². The Balaban J connectivity index is 1.67. The second-order valence-electron chi connectivity index (χ2n) is 13.7. The third-order valence-electron chi connectivity index (χ3n) is 9.53. The van der Waals surface area contributed by atoms with E-state index in [9.17, 15) is 25.6 Å². The number of benzene rings is 2. The topological polar surface area (TPSA) is 226 Å². The lowest BCUT2D eigenvalue weighted by Crippen LogP contribution is -2.40. The number of nitrogens with two attached hydrogens (primary N) is 2. The Bertz CT molecular complexity index is 1770. The molecule has 4 atom stereocenters. The number of fused-ring (bicyclic) bond motifs is 3. The molecule has 6 rings (SSSR count). The maximum atomic E-state index is 15.0. The fourth-order valence-corrected chi connectivity index (χ4v) is 9.85. The summed E-state index contributed by atoms with van der Waals surface area (Å²) in [5, 5.41) is 53.3. The second kappa shape index (κ2) is 14.2. The predicted octanol–water partition coefficient (Wildman–Crippen LogP) is 3.44. The molecule has 0 radical (unpaired) electrons. The van der Waals surface area contributed by atoms with Gasteiger partial charge >= 0.3 is 0 Å². The smallest absolute Gasteiger partial charge is 0.200 e. The first kappa shape index (κ1) is 35.6. The predicted molar refractivity (Wildman–Crippen MR) is 190 cm³/mol. The lowest BCUT2D eigenvalue weighted by atomic mass is 9.90. The maximum absolute atomic E-state index is 15.0. The monoisotopic (exact) mass is 716 g/mol. The van der Waals surface area contributed by atoms with E-state index >= 15 is 4.79 Å². The zero-order valence-corrected chi connectivity index (χ0v) is 29.1. The Hall–Kier alpha value is -3.18. The molecule has 0 unspecified atom stereocenters. The van der Waals surface area contributed by atoms with Crippen LogP contribution in [0.4, 0.5) is 5.69 Å². The van der Waals surface area contributed by atoms with Crippen molar-refractivity contribution in [2.24, 2.45) is 16.5 Å². The minimum atomic E-state index is -1.44. The SMILES string of the molecule is CC(C)(O)[C@@H]1Cc2c(c3c4oc(c(Cc5ccc(NO)cc5)c(=O)c4c2OC2CCCC2)[C@@H](O)C[C@@](CO)(N=C(N)N)CSS[C@H]3CO)O1. The molecule has 3 aliphatic rings. The molecule has 3 aromatic rings. The van der Waals surface area contributed by atoms with Gasteiger partial charge in [-0.2, -0.15) is 0 Å². The van der Waals surface area contributed by atoms with Gasteiger partial charge in [0.15, 0.2) is 11.4 Å². The van der Waals surface area contributed by atoms with Crippen molar-refractivity contribution in [2.75, 3.05) is 24.4 Å². The standard InChI is InChI=1S/C34H44N4O9S2/c1-33(2,43)24-12-21-29(46-24)25-23(14-39)49-48-16-34(15-40,37-32(35)36)13-22(41)28-20(11-17-7-9-18(38-44)10-8-17)27(42)26(31(25)47-28)30(21)45-19-5-3-4-6-19/h7-10,19,22-24,38-41,43-44H,3-6,11-16H2,1-2H3,(H4,35,36,37)/t22-,23-,24-,34-/m0/s1. The first-order chi connectivity index (χ1) is 23.4. The molecule has 49 heavy (non-hydrogen) atoms. The van der Waals surface area contributed by atoms with E-state index in [1.54, 1.807) is 38.1 Å². The summed E-state index contributed by atoms with van der Waals surface area (Å²) in [7, 11) is 2.58. The van der Waals surface area contributed by atoms with Gasteiger partial charge in [-0.1, -0.05) is 33.7 Å². The molecule has 1 aromatic heterocycles. The molecular formula is C34H44N4O9S2. The van der Waals surface area contributed by atoms with E-state index in [4.69, 9.17) is 25.4 Å². The van der Waals surface area contributed by atoms with Crippen LogP contribution in [0, 0.1) is 0 Å². The van der Waals surface area contributed by atoms with Crippen molar-refractivity contribution in [2.45, 2.75) is 93.5 Å². The molecular weight excluding hydrogens is 673 g/mol. The highest BCUT2D eigenvalue weighted by molar-refractivity contribution is 8.76. The van der Waals surface area contributed by atoms with Crippen LogP contribution in [-0.2, 0) is 12.8 Å². The van der Waals surface area contributed by atoms with Gasteiger partial charge in [-0.25, -0.2) is 4.99 Å². The lowest BCUT2D eigenvalue weighted by molar-refractivity contribution is -0.0233. The highest BCUT2D eigenvalue weighted by Crippen LogP contribution is 2.54. The zero-order valence-electron chi connectivity index (χ0n) is 27.5. The number of nitrogens with one attached hydrogen (secondary N) is 1. The fourth-order valence-electron chi connectivity index (χ4n) is 6.93. The third-order valence-corrected chi connectivity index (χ3v) is 12.4. The Morgan fingerprint density at radius 1 is 1.18 bits per heavy atom. The number of aliphatic hydroxyl groups excluding tert-OH is 3. The Morgan fingerprint density at radius 3 is 2.51 bits per heavy atom. The van der Waals surface area contributed by atoms with Crippen LogP contribution < -0.4 is 31.8 Å². The van der Waals surface area contributed by atoms with Crippen molar-refractivity contribution in [1.82, 2.24) is 0 Å². The van der Waals surface area contributed by atoms with E-state index in [1.807, 2.05) is 0 Å². The van der Waals surface area contributed by atoms with Crippen LogP contribution in [0.2, 0.25) is 0 Å². The van der Waals surface area contributed by atoms with Gasteiger partial charge in [0, 0.05) is 36.1 Å². The maximum Gasteiger partial charge on any atom is 0.200 e. The summed E-state index contributed by atoms with van der Waals surface area (Å²) in [6.45, 7) is 2.42. The minimum Gasteiger partial charge on any atom is -0.489 e. The number of anilines is 1. The molecule has 3 heterocycles. The molecule has 1 saturated carbocycles. The van der Waals surface area contributed by atoms with Crippen LogP contribution in [0.15, 0.2) is 38.5 Å². The summed E-state index contributed by atoms with van der Waals surface area (Å²) in [5.41, 5.74) is 13.1. The van der Waals surface area contributed by atoms with E-state index < -0.39 is 40.6 Å². The van der Waals surface area contributed by atoms with E-state index in [0.717, 1.165) is 25.7 Å². The van der Waals surface area contributed by atoms with Crippen LogP contribution >= 0.6 is 21.6 Å². The van der Waals surface area contributed by atoms with Gasteiger partial charge in [0.25, 0.3) is 0 Å². The zero-order chi connectivity index (χ0) is 35.1. The van der Waals surface area contributed by atoms with E-state index in [1.165, 1.54) is 21.6 Å². The molecule has 1 aliphatic carbocycles. The number of aliphatic imine (C=N–C) groups is 1. The fraction of sp³-hybridized carbons (Fsp3) is 0.529.